The molecular formula is C13H12ClINO2Y-. The quantitative estimate of drug-likeness (QED) is 0.382. The molecule has 1 aliphatic heterocycles. The van der Waals surface area contributed by atoms with Crippen LogP contribution in [-0.2, 0) is 37.5 Å². The third-order valence-corrected chi connectivity index (χ3v) is 4.10. The van der Waals surface area contributed by atoms with E-state index in [2.05, 4.69) is 28.7 Å². The van der Waals surface area contributed by atoms with E-state index in [1.807, 2.05) is 12.1 Å². The van der Waals surface area contributed by atoms with E-state index in [1.165, 1.54) is 0 Å². The zero-order chi connectivity index (χ0) is 13.3. The third kappa shape index (κ3) is 3.71. The summed E-state index contributed by atoms with van der Waals surface area (Å²) in [4.78, 5) is 13.5. The fourth-order valence-electron chi connectivity index (χ4n) is 1.80. The summed E-state index contributed by atoms with van der Waals surface area (Å²) in [5, 5.41) is 0.559. The summed E-state index contributed by atoms with van der Waals surface area (Å²) in [5.41, 5.74) is 1.54. The molecule has 1 aromatic carbocycles. The van der Waals surface area contributed by atoms with Crippen molar-refractivity contribution in [3.05, 3.63) is 34.9 Å². The number of hydrogen-bond donors (Lipinski definition) is 0. The Morgan fingerprint density at radius 2 is 2.21 bits per heavy atom. The molecule has 0 spiro atoms. The van der Waals surface area contributed by atoms with E-state index in [0.717, 1.165) is 11.3 Å². The van der Waals surface area contributed by atoms with Gasteiger partial charge in [-0.2, -0.15) is 0 Å². The molecule has 0 saturated carbocycles. The van der Waals surface area contributed by atoms with Crippen LogP contribution >= 0.6 is 34.2 Å². The van der Waals surface area contributed by atoms with Crippen LogP contribution < -0.4 is 4.74 Å². The molecule has 0 N–H and O–H groups in total. The van der Waals surface area contributed by atoms with Crippen molar-refractivity contribution < 1.29 is 42.2 Å². The van der Waals surface area contributed by atoms with Crippen molar-refractivity contribution in [1.29, 1.82) is 0 Å². The molecule has 0 saturated heterocycles. The van der Waals surface area contributed by atoms with E-state index in [4.69, 9.17) is 16.3 Å². The first-order chi connectivity index (χ1) is 8.54. The monoisotopic (exact) mass is 465 g/mol. The maximum atomic E-state index is 11.9. The molecule has 2 rings (SSSR count). The largest absolute Gasteiger partial charge is 0.497 e. The number of amides is 1. The van der Waals surface area contributed by atoms with Crippen molar-refractivity contribution in [2.24, 2.45) is 0 Å². The molecule has 0 fully saturated rings. The smallest absolute Gasteiger partial charge is 0.235 e. The van der Waals surface area contributed by atoms with Crippen LogP contribution in [0.2, 0.25) is 5.02 Å². The second-order valence-electron chi connectivity index (χ2n) is 3.94. The predicted octanol–water partition coefficient (Wildman–Crippen LogP) is 3.16. The van der Waals surface area contributed by atoms with E-state index < -0.39 is 0 Å². The van der Waals surface area contributed by atoms with Gasteiger partial charge in [-0.15, -0.1) is 28.9 Å². The van der Waals surface area contributed by atoms with Crippen molar-refractivity contribution in [1.82, 2.24) is 4.90 Å². The van der Waals surface area contributed by atoms with Gasteiger partial charge in [0.1, 0.15) is 5.75 Å². The van der Waals surface area contributed by atoms with Gasteiger partial charge < -0.3 is 9.64 Å². The fourth-order valence-corrected chi connectivity index (χ4v) is 2.70. The van der Waals surface area contributed by atoms with Gasteiger partial charge in [0.25, 0.3) is 0 Å². The maximum Gasteiger partial charge on any atom is 0.235 e. The Kier molecular flexibility index (Phi) is 6.77. The number of rotatable bonds is 2. The number of benzene rings is 1. The Morgan fingerprint density at radius 1 is 1.53 bits per heavy atom. The van der Waals surface area contributed by atoms with Gasteiger partial charge in [0.2, 0.25) is 5.91 Å². The molecule has 1 amide bonds. The number of hydrogen-bond acceptors (Lipinski definition) is 2. The molecule has 6 heteroatoms. The van der Waals surface area contributed by atoms with Crippen LogP contribution in [0.1, 0.15) is 12.0 Å². The van der Waals surface area contributed by atoms with Crippen LogP contribution in [-0.4, -0.2) is 28.9 Å². The van der Waals surface area contributed by atoms with Crippen LogP contribution in [0.4, 0.5) is 0 Å². The van der Waals surface area contributed by atoms with E-state index in [0.29, 0.717) is 17.2 Å². The molecule has 1 heterocycles. The number of allylic oxidation sites excluding steroid dienone is 1. The second-order valence-corrected chi connectivity index (χ2v) is 5.85. The first-order valence-electron chi connectivity index (χ1n) is 5.41. The number of carbonyl (C=O) groups is 1. The number of carbonyl (C=O) groups excluding carboxylic acids is 1. The zero-order valence-corrected chi connectivity index (χ0v) is 16.4. The molecule has 0 bridgehead atoms. The number of ether oxygens (including phenoxy) is 1. The molecule has 1 unspecified atom stereocenters. The molecule has 1 radical (unpaired) electrons. The standard InChI is InChI=1S/C13H12ClINO2.Y/c1-16-12(6-5-11(15)13(16)17)9-4-3-8(18-2)7-10(9)14;/h3-4,7,11H,5H2,1-2H3;/q-1;. The number of halogens is 2. The van der Waals surface area contributed by atoms with Crippen molar-refractivity contribution in [2.75, 3.05) is 14.2 Å². The van der Waals surface area contributed by atoms with Crippen molar-refractivity contribution in [3.63, 3.8) is 0 Å². The van der Waals surface area contributed by atoms with Crippen LogP contribution in [0, 0.1) is 6.08 Å². The van der Waals surface area contributed by atoms with Gasteiger partial charge >= 0.3 is 0 Å². The van der Waals surface area contributed by atoms with E-state index >= 15 is 0 Å². The normalized spacial score (nSPS) is 18.7. The summed E-state index contributed by atoms with van der Waals surface area (Å²) >= 11 is 8.34. The second kappa shape index (κ2) is 7.39. The number of alkyl halides is 1. The van der Waals surface area contributed by atoms with Gasteiger partial charge in [0.05, 0.1) is 11.0 Å². The Balaban J connectivity index is 0.00000180. The van der Waals surface area contributed by atoms with Crippen LogP contribution in [0.25, 0.3) is 5.70 Å². The summed E-state index contributed by atoms with van der Waals surface area (Å²) in [6, 6.07) is 5.41. The van der Waals surface area contributed by atoms with Gasteiger partial charge in [-0.05, 0) is 17.2 Å². The Labute approximate surface area is 156 Å². The summed E-state index contributed by atoms with van der Waals surface area (Å²) in [6.45, 7) is 0. The molecule has 0 aromatic heterocycles. The van der Waals surface area contributed by atoms with Crippen molar-refractivity contribution in [3.8, 4) is 5.75 Å². The van der Waals surface area contributed by atoms with Gasteiger partial charge in [-0.25, -0.2) is 6.08 Å². The number of nitrogens with zero attached hydrogens (tertiary/aromatic N) is 1. The SMILES string of the molecule is COc1ccc(C2=[C-]CC(I)C(=O)N2C)c(Cl)c1.[Y]. The van der Waals surface area contributed by atoms with Crippen LogP contribution in [0.5, 0.6) is 5.75 Å². The van der Waals surface area contributed by atoms with Gasteiger partial charge in [0.15, 0.2) is 0 Å². The zero-order valence-electron chi connectivity index (χ0n) is 10.6. The molecule has 1 aromatic rings. The molecule has 99 valence electrons. The molecule has 3 nitrogen and oxygen atoms in total. The number of methoxy groups -OCH3 is 1. The first kappa shape index (κ1) is 17.4. The molecule has 1 atom stereocenters. The van der Waals surface area contributed by atoms with Crippen LogP contribution in [0.15, 0.2) is 18.2 Å². The Morgan fingerprint density at radius 3 is 2.79 bits per heavy atom. The topological polar surface area (TPSA) is 29.5 Å². The minimum Gasteiger partial charge on any atom is -0.497 e. The van der Waals surface area contributed by atoms with E-state index in [1.54, 1.807) is 25.1 Å². The summed E-state index contributed by atoms with van der Waals surface area (Å²) in [7, 11) is 3.34. The fraction of sp³-hybridized carbons (Fsp3) is 0.308. The Bertz CT molecular complexity index is 521. The van der Waals surface area contributed by atoms with Gasteiger partial charge in [0, 0.05) is 39.8 Å². The average molecular weight is 466 g/mol. The first-order valence-corrected chi connectivity index (χ1v) is 7.03. The minimum absolute atomic E-state index is 0. The predicted molar refractivity (Wildman–Crippen MR) is 79.8 cm³/mol. The maximum absolute atomic E-state index is 11.9. The van der Waals surface area contributed by atoms with E-state index in [9.17, 15) is 4.79 Å². The van der Waals surface area contributed by atoms with Gasteiger partial charge in [-0.3, -0.25) is 4.79 Å². The van der Waals surface area contributed by atoms with Crippen molar-refractivity contribution >= 4 is 45.8 Å². The molecule has 19 heavy (non-hydrogen) atoms. The summed E-state index contributed by atoms with van der Waals surface area (Å²) in [5.74, 6) is 0.775. The summed E-state index contributed by atoms with van der Waals surface area (Å²) < 4.78 is 5.06. The minimum atomic E-state index is -0.0478. The molecule has 1 aliphatic rings. The van der Waals surface area contributed by atoms with Crippen LogP contribution in [0.3, 0.4) is 0 Å². The van der Waals surface area contributed by atoms with E-state index in [-0.39, 0.29) is 42.5 Å². The summed E-state index contributed by atoms with van der Waals surface area (Å²) in [6.07, 6.45) is 3.85. The third-order valence-electron chi connectivity index (χ3n) is 2.81. The molecular weight excluding hydrogens is 453 g/mol. The van der Waals surface area contributed by atoms with Gasteiger partial charge in [-0.1, -0.05) is 29.0 Å². The Hall–Kier alpha value is 0.354. The average Bonchev–Trinajstić information content (AvgIpc) is 2.37. The van der Waals surface area contributed by atoms with Crippen molar-refractivity contribution in [2.45, 2.75) is 10.3 Å². The molecule has 0 aliphatic carbocycles.